The molecule has 2 aliphatic carbocycles. The van der Waals surface area contributed by atoms with Gasteiger partial charge in [0.25, 0.3) is 0 Å². The Kier molecular flexibility index (Phi) is 2.41. The third-order valence-corrected chi connectivity index (χ3v) is 4.64. The van der Waals surface area contributed by atoms with Gasteiger partial charge in [-0.25, -0.2) is 4.98 Å². The highest BCUT2D eigenvalue weighted by molar-refractivity contribution is 7.15. The fourth-order valence-corrected chi connectivity index (χ4v) is 3.96. The minimum atomic E-state index is 0.747. The number of hydrogen-bond donors (Lipinski definition) is 1. The maximum absolute atomic E-state index is 5.01. The standard InChI is InChI=1S/C11H16N2OS/c1-14-5-4-12-11-13-9-7-2-3-8(6-7)10(9)15-11/h7-8H,2-6H2,1H3,(H,12,13). The number of rotatable bonds is 4. The highest BCUT2D eigenvalue weighted by atomic mass is 32.1. The van der Waals surface area contributed by atoms with Crippen molar-refractivity contribution in [1.82, 2.24) is 4.98 Å². The van der Waals surface area contributed by atoms with E-state index in [1.54, 1.807) is 12.0 Å². The van der Waals surface area contributed by atoms with Crippen molar-refractivity contribution in [2.75, 3.05) is 25.6 Å². The Labute approximate surface area is 93.9 Å². The van der Waals surface area contributed by atoms with Crippen LogP contribution >= 0.6 is 11.3 Å². The van der Waals surface area contributed by atoms with Crippen LogP contribution in [0.1, 0.15) is 41.7 Å². The van der Waals surface area contributed by atoms with Crippen molar-refractivity contribution in [3.05, 3.63) is 10.6 Å². The molecule has 3 nitrogen and oxygen atoms in total. The van der Waals surface area contributed by atoms with Gasteiger partial charge in [-0.1, -0.05) is 0 Å². The number of ether oxygens (including phenoxy) is 1. The minimum absolute atomic E-state index is 0.747. The molecular weight excluding hydrogens is 208 g/mol. The van der Waals surface area contributed by atoms with E-state index >= 15 is 0 Å². The first-order valence-electron chi connectivity index (χ1n) is 5.62. The molecule has 0 aliphatic heterocycles. The van der Waals surface area contributed by atoms with Gasteiger partial charge in [0.15, 0.2) is 5.13 Å². The summed E-state index contributed by atoms with van der Waals surface area (Å²) in [4.78, 5) is 6.26. The number of nitrogens with zero attached hydrogens (tertiary/aromatic N) is 1. The molecule has 0 radical (unpaired) electrons. The lowest BCUT2D eigenvalue weighted by Crippen LogP contribution is -2.07. The molecule has 82 valence electrons. The zero-order chi connectivity index (χ0) is 10.3. The van der Waals surface area contributed by atoms with E-state index in [0.717, 1.165) is 30.1 Å². The van der Waals surface area contributed by atoms with E-state index in [2.05, 4.69) is 5.32 Å². The maximum atomic E-state index is 5.01. The number of aromatic nitrogens is 1. The lowest BCUT2D eigenvalue weighted by molar-refractivity contribution is 0.211. The SMILES string of the molecule is COCCNc1nc2c(s1)C1CCC2C1. The zero-order valence-corrected chi connectivity index (χ0v) is 9.77. The number of fused-ring (bicyclic) bond motifs is 5. The molecule has 4 heteroatoms. The highest BCUT2D eigenvalue weighted by Crippen LogP contribution is 2.55. The summed E-state index contributed by atoms with van der Waals surface area (Å²) in [6.07, 6.45) is 4.11. The van der Waals surface area contributed by atoms with E-state index in [9.17, 15) is 0 Å². The van der Waals surface area contributed by atoms with E-state index in [1.807, 2.05) is 11.3 Å². The van der Waals surface area contributed by atoms with Crippen LogP contribution in [0.15, 0.2) is 0 Å². The first-order valence-corrected chi connectivity index (χ1v) is 6.43. The molecule has 15 heavy (non-hydrogen) atoms. The van der Waals surface area contributed by atoms with Gasteiger partial charge in [-0.3, -0.25) is 0 Å². The molecule has 1 heterocycles. The highest BCUT2D eigenvalue weighted by Gasteiger charge is 2.40. The van der Waals surface area contributed by atoms with Gasteiger partial charge >= 0.3 is 0 Å². The van der Waals surface area contributed by atoms with Gasteiger partial charge in [-0.05, 0) is 25.2 Å². The van der Waals surface area contributed by atoms with Gasteiger partial charge in [-0.2, -0.15) is 0 Å². The minimum Gasteiger partial charge on any atom is -0.383 e. The maximum Gasteiger partial charge on any atom is 0.183 e. The molecule has 1 saturated carbocycles. The molecule has 0 saturated heterocycles. The largest absolute Gasteiger partial charge is 0.383 e. The van der Waals surface area contributed by atoms with E-state index in [0.29, 0.717) is 0 Å². The molecule has 0 spiro atoms. The molecule has 2 bridgehead atoms. The number of thiazole rings is 1. The molecule has 2 unspecified atom stereocenters. The zero-order valence-electron chi connectivity index (χ0n) is 8.95. The molecule has 1 aromatic heterocycles. The molecule has 1 aromatic rings. The van der Waals surface area contributed by atoms with E-state index in [-0.39, 0.29) is 0 Å². The van der Waals surface area contributed by atoms with Crippen LogP contribution in [-0.2, 0) is 4.74 Å². The van der Waals surface area contributed by atoms with Crippen molar-refractivity contribution in [2.45, 2.75) is 31.1 Å². The van der Waals surface area contributed by atoms with Gasteiger partial charge in [0.05, 0.1) is 12.3 Å². The molecule has 0 amide bonds. The average Bonchev–Trinajstić information content (AvgIpc) is 2.89. The predicted molar refractivity (Wildman–Crippen MR) is 61.8 cm³/mol. The quantitative estimate of drug-likeness (QED) is 0.798. The number of anilines is 1. The summed E-state index contributed by atoms with van der Waals surface area (Å²) in [6, 6.07) is 0. The summed E-state index contributed by atoms with van der Waals surface area (Å²) in [5, 5.41) is 4.42. The molecule has 2 atom stereocenters. The van der Waals surface area contributed by atoms with Crippen molar-refractivity contribution < 1.29 is 4.74 Å². The van der Waals surface area contributed by atoms with Gasteiger partial charge in [-0.15, -0.1) is 11.3 Å². The van der Waals surface area contributed by atoms with Crippen LogP contribution < -0.4 is 5.32 Å². The third kappa shape index (κ3) is 1.56. The van der Waals surface area contributed by atoms with Crippen LogP contribution in [0.3, 0.4) is 0 Å². The predicted octanol–water partition coefficient (Wildman–Crippen LogP) is 2.57. The lowest BCUT2D eigenvalue weighted by Gasteiger charge is -2.06. The first kappa shape index (κ1) is 9.60. The summed E-state index contributed by atoms with van der Waals surface area (Å²) in [6.45, 7) is 1.61. The van der Waals surface area contributed by atoms with Crippen LogP contribution in [0.5, 0.6) is 0 Å². The fraction of sp³-hybridized carbons (Fsp3) is 0.727. The Morgan fingerprint density at radius 2 is 2.33 bits per heavy atom. The molecule has 1 N–H and O–H groups in total. The Morgan fingerprint density at radius 1 is 1.47 bits per heavy atom. The first-order chi connectivity index (χ1) is 7.38. The summed E-state index contributed by atoms with van der Waals surface area (Å²) in [5.41, 5.74) is 1.40. The topological polar surface area (TPSA) is 34.1 Å². The second-order valence-electron chi connectivity index (χ2n) is 4.39. The lowest BCUT2D eigenvalue weighted by atomic mass is 10.0. The van der Waals surface area contributed by atoms with Crippen molar-refractivity contribution >= 4 is 16.5 Å². The number of nitrogens with one attached hydrogen (secondary N) is 1. The van der Waals surface area contributed by atoms with Gasteiger partial charge in [0.1, 0.15) is 0 Å². The monoisotopic (exact) mass is 224 g/mol. The fourth-order valence-electron chi connectivity index (χ4n) is 2.73. The van der Waals surface area contributed by atoms with Crippen molar-refractivity contribution in [3.8, 4) is 0 Å². The van der Waals surface area contributed by atoms with Crippen LogP contribution in [-0.4, -0.2) is 25.2 Å². The Balaban J connectivity index is 1.72. The summed E-state index contributed by atoms with van der Waals surface area (Å²) in [5.74, 6) is 1.61. The van der Waals surface area contributed by atoms with E-state index < -0.39 is 0 Å². The molecular formula is C11H16N2OS. The van der Waals surface area contributed by atoms with Crippen LogP contribution in [0.25, 0.3) is 0 Å². The molecule has 3 rings (SSSR count). The second kappa shape index (κ2) is 3.76. The molecule has 1 fully saturated rings. The van der Waals surface area contributed by atoms with Crippen LogP contribution in [0.2, 0.25) is 0 Å². The van der Waals surface area contributed by atoms with E-state index in [4.69, 9.17) is 9.72 Å². The smallest absolute Gasteiger partial charge is 0.183 e. The summed E-state index contributed by atoms with van der Waals surface area (Å²) in [7, 11) is 1.73. The van der Waals surface area contributed by atoms with E-state index in [1.165, 1.54) is 25.0 Å². The Morgan fingerprint density at radius 3 is 3.13 bits per heavy atom. The van der Waals surface area contributed by atoms with Crippen LogP contribution in [0.4, 0.5) is 5.13 Å². The summed E-state index contributed by atoms with van der Waals surface area (Å²) < 4.78 is 5.01. The third-order valence-electron chi connectivity index (χ3n) is 3.45. The van der Waals surface area contributed by atoms with Crippen LogP contribution in [0, 0.1) is 0 Å². The van der Waals surface area contributed by atoms with Gasteiger partial charge in [0, 0.05) is 24.4 Å². The summed E-state index contributed by atoms with van der Waals surface area (Å²) >= 11 is 1.86. The number of methoxy groups -OCH3 is 1. The average molecular weight is 224 g/mol. The van der Waals surface area contributed by atoms with Gasteiger partial charge < -0.3 is 10.1 Å². The Hall–Kier alpha value is -0.610. The van der Waals surface area contributed by atoms with Crippen molar-refractivity contribution in [2.24, 2.45) is 0 Å². The normalized spacial score (nSPS) is 27.0. The second-order valence-corrected chi connectivity index (χ2v) is 5.43. The number of hydrogen-bond acceptors (Lipinski definition) is 4. The van der Waals surface area contributed by atoms with Crippen molar-refractivity contribution in [3.63, 3.8) is 0 Å². The molecule has 2 aliphatic rings. The Bertz CT molecular complexity index is 336. The molecule has 0 aromatic carbocycles. The van der Waals surface area contributed by atoms with Crippen molar-refractivity contribution in [1.29, 1.82) is 0 Å². The van der Waals surface area contributed by atoms with Gasteiger partial charge in [0.2, 0.25) is 0 Å².